The lowest BCUT2D eigenvalue weighted by Crippen LogP contribution is -2.17. The molecule has 0 saturated carbocycles. The molecule has 0 N–H and O–H groups in total. The van der Waals surface area contributed by atoms with Crippen LogP contribution in [0.1, 0.15) is 54.9 Å². The van der Waals surface area contributed by atoms with Gasteiger partial charge in [0, 0.05) is 14.9 Å². The van der Waals surface area contributed by atoms with E-state index in [0.717, 1.165) is 19.3 Å². The van der Waals surface area contributed by atoms with Crippen molar-refractivity contribution in [1.82, 2.24) is 0 Å². The molecule has 0 heterocycles. The molecule has 0 amide bonds. The van der Waals surface area contributed by atoms with Crippen molar-refractivity contribution < 1.29 is 0 Å². The van der Waals surface area contributed by atoms with Gasteiger partial charge in [-0.05, 0) is 87.4 Å². The van der Waals surface area contributed by atoms with E-state index < -0.39 is 0 Å². The molecule has 130 valence electrons. The lowest BCUT2D eigenvalue weighted by atomic mass is 9.78. The van der Waals surface area contributed by atoms with Crippen molar-refractivity contribution >= 4 is 28.7 Å². The molecule has 0 saturated heterocycles. The summed E-state index contributed by atoms with van der Waals surface area (Å²) in [6, 6.07) is 14.0. The van der Waals surface area contributed by atoms with Crippen LogP contribution in [-0.2, 0) is 11.8 Å². The summed E-state index contributed by atoms with van der Waals surface area (Å²) in [6.45, 7) is 4.80. The van der Waals surface area contributed by atoms with Crippen molar-refractivity contribution in [3.05, 3.63) is 86.0 Å². The third-order valence-corrected chi connectivity index (χ3v) is 7.17. The second-order valence-electron chi connectivity index (χ2n) is 8.22. The van der Waals surface area contributed by atoms with E-state index in [9.17, 15) is 0 Å². The maximum absolute atomic E-state index is 2.47. The minimum absolute atomic E-state index is 0.116. The number of allylic oxidation sites excluding steroid dienone is 5. The highest BCUT2D eigenvalue weighted by Crippen LogP contribution is 2.54. The molecule has 3 aliphatic carbocycles. The third-order valence-electron chi connectivity index (χ3n) is 6.41. The fraction of sp³-hybridized carbons (Fsp3) is 0.280. The number of rotatable bonds is 1. The molecule has 1 atom stereocenters. The summed E-state index contributed by atoms with van der Waals surface area (Å²) < 4.78 is 1.39. The fourth-order valence-corrected chi connectivity index (χ4v) is 5.61. The van der Waals surface area contributed by atoms with E-state index in [2.05, 4.69) is 97.1 Å². The van der Waals surface area contributed by atoms with Gasteiger partial charge in [0.1, 0.15) is 0 Å². The Labute approximate surface area is 169 Å². The van der Waals surface area contributed by atoms with Crippen LogP contribution in [0, 0.1) is 0 Å². The molecule has 2 aromatic carbocycles. The van der Waals surface area contributed by atoms with Gasteiger partial charge in [-0.2, -0.15) is 0 Å². The monoisotopic (exact) mass is 450 g/mol. The average molecular weight is 450 g/mol. The number of hydrogen-bond donors (Lipinski definition) is 0. The summed E-state index contributed by atoms with van der Waals surface area (Å²) in [5.41, 5.74) is 10.4. The Hall–Kier alpha value is -1.61. The van der Waals surface area contributed by atoms with Gasteiger partial charge in [-0.25, -0.2) is 0 Å². The van der Waals surface area contributed by atoms with Crippen LogP contribution in [0.2, 0.25) is 0 Å². The average Bonchev–Trinajstić information content (AvgIpc) is 2.88. The summed E-state index contributed by atoms with van der Waals surface area (Å²) in [6.07, 6.45) is 12.9. The number of fused-ring (bicyclic) bond motifs is 4. The zero-order valence-corrected chi connectivity index (χ0v) is 17.5. The molecule has 1 heteroatoms. The van der Waals surface area contributed by atoms with Crippen molar-refractivity contribution in [2.45, 2.75) is 44.4 Å². The summed E-state index contributed by atoms with van der Waals surface area (Å²) in [5.74, 6) is 0.567. The second-order valence-corrected chi connectivity index (χ2v) is 9.47. The highest BCUT2D eigenvalue weighted by atomic mass is 127. The van der Waals surface area contributed by atoms with E-state index >= 15 is 0 Å². The van der Waals surface area contributed by atoms with Gasteiger partial charge in [0.2, 0.25) is 0 Å². The second kappa shape index (κ2) is 5.95. The number of hydrogen-bond acceptors (Lipinski definition) is 0. The lowest BCUT2D eigenvalue weighted by Gasteiger charge is -2.26. The van der Waals surface area contributed by atoms with Gasteiger partial charge < -0.3 is 0 Å². The zero-order chi connectivity index (χ0) is 17.9. The highest BCUT2D eigenvalue weighted by Gasteiger charge is 2.42. The van der Waals surface area contributed by atoms with Crippen LogP contribution in [0.25, 0.3) is 17.2 Å². The van der Waals surface area contributed by atoms with Crippen LogP contribution < -0.4 is 0 Å². The normalized spacial score (nSPS) is 22.2. The first kappa shape index (κ1) is 16.6. The van der Waals surface area contributed by atoms with Crippen LogP contribution in [0.15, 0.2) is 63.8 Å². The predicted octanol–water partition coefficient (Wildman–Crippen LogP) is 7.34. The largest absolute Gasteiger partial charge is 0.0836 e. The van der Waals surface area contributed by atoms with Gasteiger partial charge in [0.05, 0.1) is 0 Å². The van der Waals surface area contributed by atoms with E-state index in [1.54, 1.807) is 5.57 Å². The van der Waals surface area contributed by atoms with Gasteiger partial charge >= 0.3 is 0 Å². The Morgan fingerprint density at radius 3 is 2.88 bits per heavy atom. The molecule has 26 heavy (non-hydrogen) atoms. The van der Waals surface area contributed by atoms with Crippen LogP contribution in [-0.4, -0.2) is 0 Å². The highest BCUT2D eigenvalue weighted by molar-refractivity contribution is 14.1. The molecule has 0 spiro atoms. The van der Waals surface area contributed by atoms with Gasteiger partial charge in [-0.1, -0.05) is 68.0 Å². The lowest BCUT2D eigenvalue weighted by molar-refractivity contribution is 0.612. The van der Waals surface area contributed by atoms with Gasteiger partial charge in [-0.3, -0.25) is 0 Å². The molecular formula is C25H23I. The molecule has 0 radical (unpaired) electrons. The maximum Gasteiger partial charge on any atom is 0.0118 e. The van der Waals surface area contributed by atoms with E-state index in [1.807, 2.05) is 0 Å². The Balaban J connectivity index is 1.67. The molecule has 1 unspecified atom stereocenters. The van der Waals surface area contributed by atoms with Crippen molar-refractivity contribution in [2.24, 2.45) is 0 Å². The van der Waals surface area contributed by atoms with Crippen molar-refractivity contribution in [3.63, 3.8) is 0 Å². The van der Waals surface area contributed by atoms with Gasteiger partial charge in [0.15, 0.2) is 0 Å². The van der Waals surface area contributed by atoms with Crippen molar-refractivity contribution in [2.75, 3.05) is 0 Å². The Bertz CT molecular complexity index is 1000. The molecule has 5 rings (SSSR count). The number of aryl methyl sites for hydroxylation is 1. The van der Waals surface area contributed by atoms with Crippen LogP contribution >= 0.6 is 22.6 Å². The third kappa shape index (κ3) is 2.40. The standard InChI is InChI=1S/C25H23I/c1-25(2)23-14-17(20-9-5-7-16-6-3-4-8-19(16)20)10-12-21(23)22-13-11-18(26)15-24(22)25/h4-5,7-12,14-15,22H,3,6,13H2,1-2H3. The molecular weight excluding hydrogens is 427 g/mol. The molecule has 0 nitrogen and oxygen atoms in total. The fourth-order valence-electron chi connectivity index (χ4n) is 5.02. The van der Waals surface area contributed by atoms with Crippen LogP contribution in [0.3, 0.4) is 0 Å². The van der Waals surface area contributed by atoms with Crippen LogP contribution in [0.4, 0.5) is 0 Å². The van der Waals surface area contributed by atoms with Crippen molar-refractivity contribution in [1.29, 1.82) is 0 Å². The summed E-state index contributed by atoms with van der Waals surface area (Å²) in [5, 5.41) is 0. The molecule has 0 bridgehead atoms. The van der Waals surface area contributed by atoms with E-state index in [4.69, 9.17) is 0 Å². The minimum Gasteiger partial charge on any atom is -0.0836 e. The predicted molar refractivity (Wildman–Crippen MR) is 120 cm³/mol. The first-order chi connectivity index (χ1) is 12.6. The van der Waals surface area contributed by atoms with Crippen molar-refractivity contribution in [3.8, 4) is 11.1 Å². The van der Waals surface area contributed by atoms with E-state index in [1.165, 1.54) is 37.0 Å². The maximum atomic E-state index is 2.47. The first-order valence-corrected chi connectivity index (χ1v) is 10.6. The SMILES string of the molecule is CC1(C)C2=CC(I)=CCC2c2ccc(-c3cccc4c3C=CCC4)cc21. The summed E-state index contributed by atoms with van der Waals surface area (Å²) in [7, 11) is 0. The summed E-state index contributed by atoms with van der Waals surface area (Å²) >= 11 is 2.47. The molecule has 0 aliphatic heterocycles. The Morgan fingerprint density at radius 1 is 1.12 bits per heavy atom. The quantitative estimate of drug-likeness (QED) is 0.399. The Morgan fingerprint density at radius 2 is 2.00 bits per heavy atom. The Kier molecular flexibility index (Phi) is 3.79. The molecule has 2 aromatic rings. The summed E-state index contributed by atoms with van der Waals surface area (Å²) in [4.78, 5) is 0. The molecule has 0 fully saturated rings. The van der Waals surface area contributed by atoms with Crippen LogP contribution in [0.5, 0.6) is 0 Å². The smallest absolute Gasteiger partial charge is 0.0118 e. The topological polar surface area (TPSA) is 0 Å². The molecule has 0 aromatic heterocycles. The minimum atomic E-state index is 0.116. The first-order valence-electron chi connectivity index (χ1n) is 9.56. The van der Waals surface area contributed by atoms with E-state index in [0.29, 0.717) is 5.92 Å². The number of halogens is 1. The van der Waals surface area contributed by atoms with E-state index in [-0.39, 0.29) is 5.41 Å². The molecule has 3 aliphatic rings. The van der Waals surface area contributed by atoms with Gasteiger partial charge in [0.25, 0.3) is 0 Å². The number of benzene rings is 2. The zero-order valence-electron chi connectivity index (χ0n) is 15.4. The van der Waals surface area contributed by atoms with Gasteiger partial charge in [-0.15, -0.1) is 0 Å².